The Morgan fingerprint density at radius 2 is 1.68 bits per heavy atom. The van der Waals surface area contributed by atoms with Gasteiger partial charge in [-0.2, -0.15) is 0 Å². The number of aromatic nitrogens is 3. The summed E-state index contributed by atoms with van der Waals surface area (Å²) in [6.07, 6.45) is 1.66. The molecule has 1 saturated heterocycles. The van der Waals surface area contributed by atoms with Crippen LogP contribution in [0.15, 0.2) is 53.5 Å². The van der Waals surface area contributed by atoms with Crippen molar-refractivity contribution >= 4 is 27.5 Å². The molecule has 1 aliphatic heterocycles. The first-order valence-electron chi connectivity index (χ1n) is 10.7. The van der Waals surface area contributed by atoms with Crippen molar-refractivity contribution in [2.45, 2.75) is 19.9 Å². The Bertz CT molecular complexity index is 1280. The van der Waals surface area contributed by atoms with Gasteiger partial charge in [0.15, 0.2) is 0 Å². The number of rotatable bonds is 4. The zero-order chi connectivity index (χ0) is 21.5. The van der Waals surface area contributed by atoms with E-state index in [0.717, 1.165) is 54.0 Å². The fourth-order valence-corrected chi connectivity index (χ4v) is 4.35. The lowest BCUT2D eigenvalue weighted by atomic mass is 10.1. The van der Waals surface area contributed by atoms with Crippen molar-refractivity contribution in [3.63, 3.8) is 0 Å². The van der Waals surface area contributed by atoms with Crippen LogP contribution >= 0.6 is 0 Å². The molecule has 7 nitrogen and oxygen atoms in total. The Hall–Kier alpha value is -3.32. The Morgan fingerprint density at radius 3 is 2.35 bits per heavy atom. The summed E-state index contributed by atoms with van der Waals surface area (Å²) in [6, 6.07) is 14.3. The number of fused-ring (bicyclic) bond motifs is 3. The van der Waals surface area contributed by atoms with Crippen molar-refractivity contribution in [1.29, 1.82) is 0 Å². The molecule has 3 heterocycles. The second kappa shape index (κ2) is 7.74. The predicted molar refractivity (Wildman–Crippen MR) is 125 cm³/mol. The molecule has 0 amide bonds. The third-order valence-corrected chi connectivity index (χ3v) is 6.25. The highest BCUT2D eigenvalue weighted by Crippen LogP contribution is 2.27. The number of nitrogens with zero attached hydrogens (tertiary/aromatic N) is 4. The molecule has 1 aliphatic rings. The van der Waals surface area contributed by atoms with Crippen LogP contribution in [0, 0.1) is 0 Å². The lowest BCUT2D eigenvalue weighted by Crippen LogP contribution is -2.48. The van der Waals surface area contributed by atoms with Crippen molar-refractivity contribution < 1.29 is 4.74 Å². The quantitative estimate of drug-likeness (QED) is 0.551. The van der Waals surface area contributed by atoms with Crippen molar-refractivity contribution in [1.82, 2.24) is 19.7 Å². The highest BCUT2D eigenvalue weighted by Gasteiger charge is 2.20. The van der Waals surface area contributed by atoms with Crippen LogP contribution in [-0.2, 0) is 0 Å². The Morgan fingerprint density at radius 1 is 0.968 bits per heavy atom. The molecule has 160 valence electrons. The highest BCUT2D eigenvalue weighted by atomic mass is 16.5. The lowest BCUT2D eigenvalue weighted by molar-refractivity contribution is 0.209. The summed E-state index contributed by atoms with van der Waals surface area (Å²) in [7, 11) is 1.63. The number of nitrogens with one attached hydrogen (secondary N) is 1. The molecule has 7 heteroatoms. The molecule has 5 rings (SSSR count). The van der Waals surface area contributed by atoms with Gasteiger partial charge in [0.25, 0.3) is 5.56 Å². The number of pyridine rings is 1. The van der Waals surface area contributed by atoms with Gasteiger partial charge >= 0.3 is 0 Å². The number of benzene rings is 2. The van der Waals surface area contributed by atoms with E-state index in [1.807, 2.05) is 30.3 Å². The van der Waals surface area contributed by atoms with Crippen LogP contribution in [0.1, 0.15) is 13.8 Å². The third kappa shape index (κ3) is 3.45. The Labute approximate surface area is 180 Å². The van der Waals surface area contributed by atoms with Gasteiger partial charge in [0.1, 0.15) is 5.75 Å². The van der Waals surface area contributed by atoms with Gasteiger partial charge in [-0.3, -0.25) is 19.8 Å². The highest BCUT2D eigenvalue weighted by molar-refractivity contribution is 6.04. The smallest absolute Gasteiger partial charge is 0.280 e. The molecule has 0 atom stereocenters. The van der Waals surface area contributed by atoms with E-state index in [0.29, 0.717) is 11.4 Å². The van der Waals surface area contributed by atoms with E-state index < -0.39 is 0 Å². The molecule has 1 N–H and O–H groups in total. The first kappa shape index (κ1) is 19.6. The summed E-state index contributed by atoms with van der Waals surface area (Å²) >= 11 is 0. The maximum Gasteiger partial charge on any atom is 0.280 e. The minimum Gasteiger partial charge on any atom is -0.497 e. The number of anilines is 1. The first-order valence-corrected chi connectivity index (χ1v) is 10.7. The second-order valence-electron chi connectivity index (χ2n) is 8.32. The van der Waals surface area contributed by atoms with Crippen LogP contribution in [0.2, 0.25) is 0 Å². The Kier molecular flexibility index (Phi) is 4.90. The third-order valence-electron chi connectivity index (χ3n) is 6.25. The zero-order valence-corrected chi connectivity index (χ0v) is 18.1. The van der Waals surface area contributed by atoms with E-state index >= 15 is 0 Å². The topological polar surface area (TPSA) is 66.4 Å². The largest absolute Gasteiger partial charge is 0.497 e. The number of methoxy groups -OCH3 is 1. The SMILES string of the molecule is COc1ccc(-n2[nH]c3c(cnc4ccc(N5CCN(C(C)C)CC5)cc43)c2=O)cc1. The van der Waals surface area contributed by atoms with Gasteiger partial charge in [-0.05, 0) is 56.3 Å². The van der Waals surface area contributed by atoms with Crippen LogP contribution in [0.25, 0.3) is 27.5 Å². The molecule has 4 aromatic rings. The lowest BCUT2D eigenvalue weighted by Gasteiger charge is -2.38. The van der Waals surface area contributed by atoms with E-state index in [4.69, 9.17) is 4.74 Å². The average molecular weight is 418 g/mol. The number of hydrogen-bond donors (Lipinski definition) is 1. The van der Waals surface area contributed by atoms with Gasteiger partial charge in [0.05, 0.1) is 29.2 Å². The fraction of sp³-hybridized carbons (Fsp3) is 0.333. The maximum atomic E-state index is 13.1. The standard InChI is InChI=1S/C24H27N5O2/c1-16(2)27-10-12-28(13-11-27)18-6-9-22-20(14-18)23-21(15-25-22)24(30)29(26-23)17-4-7-19(31-3)8-5-17/h4-9,14-16,26H,10-13H2,1-3H3. The van der Waals surface area contributed by atoms with Gasteiger partial charge in [-0.25, -0.2) is 4.68 Å². The van der Waals surface area contributed by atoms with Crippen LogP contribution in [-0.4, -0.2) is 59.0 Å². The summed E-state index contributed by atoms with van der Waals surface area (Å²) in [5, 5.41) is 4.86. The molecule has 0 saturated carbocycles. The van der Waals surface area contributed by atoms with Crippen molar-refractivity contribution in [3.05, 3.63) is 59.0 Å². The van der Waals surface area contributed by atoms with E-state index in [-0.39, 0.29) is 5.56 Å². The monoisotopic (exact) mass is 417 g/mol. The number of piperazine rings is 1. The molecule has 0 bridgehead atoms. The molecular weight excluding hydrogens is 390 g/mol. The van der Waals surface area contributed by atoms with E-state index in [9.17, 15) is 4.79 Å². The van der Waals surface area contributed by atoms with Crippen LogP contribution in [0.5, 0.6) is 5.75 Å². The number of hydrogen-bond acceptors (Lipinski definition) is 5. The molecule has 0 aliphatic carbocycles. The molecule has 0 radical (unpaired) electrons. The molecule has 1 fully saturated rings. The van der Waals surface area contributed by atoms with Crippen LogP contribution < -0.4 is 15.2 Å². The Balaban J connectivity index is 1.56. The predicted octanol–water partition coefficient (Wildman–Crippen LogP) is 3.41. The summed E-state index contributed by atoms with van der Waals surface area (Å²) in [5.74, 6) is 0.752. The molecule has 31 heavy (non-hydrogen) atoms. The summed E-state index contributed by atoms with van der Waals surface area (Å²) in [4.78, 5) is 22.5. The molecule has 0 spiro atoms. The fourth-order valence-electron chi connectivity index (χ4n) is 4.35. The zero-order valence-electron chi connectivity index (χ0n) is 18.1. The van der Waals surface area contributed by atoms with Crippen molar-refractivity contribution in [3.8, 4) is 11.4 Å². The molecule has 2 aromatic heterocycles. The van der Waals surface area contributed by atoms with Crippen LogP contribution in [0.4, 0.5) is 5.69 Å². The average Bonchev–Trinajstić information content (AvgIpc) is 3.15. The molecule has 0 unspecified atom stereocenters. The minimum atomic E-state index is -0.106. The van der Waals surface area contributed by atoms with E-state index in [1.165, 1.54) is 5.69 Å². The van der Waals surface area contributed by atoms with Crippen molar-refractivity contribution in [2.75, 3.05) is 38.2 Å². The van der Waals surface area contributed by atoms with E-state index in [2.05, 4.69) is 45.9 Å². The van der Waals surface area contributed by atoms with E-state index in [1.54, 1.807) is 18.0 Å². The first-order chi connectivity index (χ1) is 15.0. The van der Waals surface area contributed by atoms with Gasteiger partial charge in [0, 0.05) is 49.5 Å². The number of H-pyrrole nitrogens is 1. The summed E-state index contributed by atoms with van der Waals surface area (Å²) < 4.78 is 6.80. The van der Waals surface area contributed by atoms with Crippen LogP contribution in [0.3, 0.4) is 0 Å². The molecule has 2 aromatic carbocycles. The minimum absolute atomic E-state index is 0.106. The van der Waals surface area contributed by atoms with Gasteiger partial charge < -0.3 is 9.64 Å². The van der Waals surface area contributed by atoms with Gasteiger partial charge in [0.2, 0.25) is 0 Å². The summed E-state index contributed by atoms with van der Waals surface area (Å²) in [6.45, 7) is 8.61. The number of aromatic amines is 1. The second-order valence-corrected chi connectivity index (χ2v) is 8.32. The van der Waals surface area contributed by atoms with Crippen molar-refractivity contribution in [2.24, 2.45) is 0 Å². The van der Waals surface area contributed by atoms with Gasteiger partial charge in [-0.15, -0.1) is 0 Å². The molecular formula is C24H27N5O2. The maximum absolute atomic E-state index is 13.1. The number of ether oxygens (including phenoxy) is 1. The normalized spacial score (nSPS) is 15.3. The van der Waals surface area contributed by atoms with Gasteiger partial charge in [-0.1, -0.05) is 0 Å². The summed E-state index contributed by atoms with van der Waals surface area (Å²) in [5.41, 5.74) is 3.51.